The van der Waals surface area contributed by atoms with Gasteiger partial charge in [-0.3, -0.25) is 0 Å². The average Bonchev–Trinajstić information content (AvgIpc) is 2.44. The Labute approximate surface area is 501 Å². The van der Waals surface area contributed by atoms with Crippen molar-refractivity contribution >= 4 is 106 Å². The molecule has 3 aliphatic carbocycles. The normalized spacial score (nSPS) is 19.1. The molecule has 0 fully saturated rings. The number of nitrogens with zero attached hydrogens (tertiary/aromatic N) is 3. The van der Waals surface area contributed by atoms with E-state index in [2.05, 4.69) is 272 Å². The fraction of sp³-hybridized carbons (Fsp3) is 0.385. The van der Waals surface area contributed by atoms with Crippen LogP contribution in [0.5, 0.6) is 0 Å². The molecule has 83 heavy (non-hydrogen) atoms. The van der Waals surface area contributed by atoms with Crippen molar-refractivity contribution in [3.05, 3.63) is 190 Å². The van der Waals surface area contributed by atoms with Crippen LogP contribution >= 0.6 is 11.3 Å². The average molecular weight is 1110 g/mol. The Hall–Kier alpha value is -6.56. The molecule has 0 saturated heterocycles. The van der Waals surface area contributed by atoms with Crippen LogP contribution in [-0.2, 0) is 37.9 Å². The summed E-state index contributed by atoms with van der Waals surface area (Å²) in [6.45, 7) is 41.6. The summed E-state index contributed by atoms with van der Waals surface area (Å²) < 4.78 is 2.67. The lowest BCUT2D eigenvalue weighted by Crippen LogP contribution is -2.62. The third-order valence-corrected chi connectivity index (χ3v) is 22.8. The van der Waals surface area contributed by atoms with Crippen LogP contribution in [-0.4, -0.2) is 6.71 Å². The van der Waals surface area contributed by atoms with E-state index in [-0.39, 0.29) is 44.6 Å². The maximum Gasteiger partial charge on any atom is 0.252 e. The largest absolute Gasteiger partial charge is 0.311 e. The first-order valence-electron chi connectivity index (χ1n) is 31.2. The predicted octanol–water partition coefficient (Wildman–Crippen LogP) is 20.6. The van der Waals surface area contributed by atoms with Gasteiger partial charge in [0.2, 0.25) is 0 Å². The third kappa shape index (κ3) is 8.22. The minimum Gasteiger partial charge on any atom is -0.311 e. The van der Waals surface area contributed by atoms with Gasteiger partial charge < -0.3 is 14.7 Å². The number of benzene rings is 8. The van der Waals surface area contributed by atoms with Crippen molar-refractivity contribution in [2.75, 3.05) is 14.7 Å². The van der Waals surface area contributed by atoms with E-state index in [9.17, 15) is 0 Å². The zero-order valence-electron chi connectivity index (χ0n) is 52.8. The van der Waals surface area contributed by atoms with Gasteiger partial charge in [-0.1, -0.05) is 177 Å². The van der Waals surface area contributed by atoms with E-state index in [1.54, 1.807) is 0 Å². The molecule has 8 aromatic carbocycles. The van der Waals surface area contributed by atoms with Crippen LogP contribution in [0.4, 0.5) is 51.2 Å². The Morgan fingerprint density at radius 3 is 1.41 bits per heavy atom. The van der Waals surface area contributed by atoms with Gasteiger partial charge in [-0.05, 0) is 223 Å². The number of thiophene rings is 1. The van der Waals surface area contributed by atoms with Crippen molar-refractivity contribution in [3.63, 3.8) is 0 Å². The molecule has 0 amide bonds. The summed E-state index contributed by atoms with van der Waals surface area (Å²) in [6, 6.07) is 56.3. The molecule has 422 valence electrons. The molecule has 0 bridgehead atoms. The molecular weight excluding hydrogens is 1020 g/mol. The molecule has 1 aromatic heterocycles. The number of aryl methyl sites for hydroxylation is 2. The molecule has 5 heteroatoms. The molecule has 0 unspecified atom stereocenters. The van der Waals surface area contributed by atoms with E-state index in [1.165, 1.54) is 139 Å². The number of hydrogen-bond donors (Lipinski definition) is 0. The Balaban J connectivity index is 1.18. The summed E-state index contributed by atoms with van der Waals surface area (Å²) in [7, 11) is 0. The minimum absolute atomic E-state index is 0.00122. The van der Waals surface area contributed by atoms with Crippen LogP contribution in [0.2, 0.25) is 0 Å². The van der Waals surface area contributed by atoms with Gasteiger partial charge in [-0.15, -0.1) is 11.3 Å². The van der Waals surface area contributed by atoms with Crippen molar-refractivity contribution < 1.29 is 0 Å². The van der Waals surface area contributed by atoms with Crippen molar-refractivity contribution in [1.82, 2.24) is 0 Å². The summed E-state index contributed by atoms with van der Waals surface area (Å²) >= 11 is 1.95. The maximum absolute atomic E-state index is 2.78. The molecule has 0 N–H and O–H groups in total. The van der Waals surface area contributed by atoms with Gasteiger partial charge in [-0.2, -0.15) is 0 Å². The lowest BCUT2D eigenvalue weighted by molar-refractivity contribution is 0.332. The molecular formula is C78H86BN3S. The summed E-state index contributed by atoms with van der Waals surface area (Å²) in [4.78, 5) is 8.13. The molecule has 0 spiro atoms. The quantitative estimate of drug-likeness (QED) is 0.159. The Bertz CT molecular complexity index is 4160. The van der Waals surface area contributed by atoms with E-state index in [0.717, 1.165) is 37.8 Å². The Morgan fingerprint density at radius 1 is 0.422 bits per heavy atom. The smallest absolute Gasteiger partial charge is 0.252 e. The SMILES string of the molecule is Cc1ccccc1N(c1cc2c3c(c1)N(c1cccc4sc5cc(C(C)(C)C)ccc5c14)c1cc4c(cc1B3c1cc3c(cc1N2c1ccc2c(c1)C(C)(C)CCC2(C)C)C(C)(C)CCC3(C)C)C(C)(C)CCC4(C)C)c1ccccc1C. The highest BCUT2D eigenvalue weighted by Crippen LogP contribution is 2.57. The number of anilines is 9. The van der Waals surface area contributed by atoms with Gasteiger partial charge in [0.25, 0.3) is 6.71 Å². The van der Waals surface area contributed by atoms with E-state index in [1.807, 2.05) is 11.3 Å². The highest BCUT2D eigenvalue weighted by molar-refractivity contribution is 7.26. The number of hydrogen-bond acceptors (Lipinski definition) is 4. The van der Waals surface area contributed by atoms with Crippen molar-refractivity contribution in [2.24, 2.45) is 0 Å². The second-order valence-corrected chi connectivity index (χ2v) is 32.2. The summed E-state index contributed by atoms with van der Waals surface area (Å²) in [5, 5.41) is 2.65. The van der Waals surface area contributed by atoms with Crippen LogP contribution in [0.3, 0.4) is 0 Å². The number of para-hydroxylation sites is 2. The van der Waals surface area contributed by atoms with Gasteiger partial charge in [0.15, 0.2) is 0 Å². The number of rotatable bonds is 5. The van der Waals surface area contributed by atoms with Crippen LogP contribution in [0, 0.1) is 13.8 Å². The first-order chi connectivity index (χ1) is 39.1. The fourth-order valence-electron chi connectivity index (χ4n) is 16.0. The van der Waals surface area contributed by atoms with Crippen molar-refractivity contribution in [3.8, 4) is 0 Å². The minimum atomic E-state index is -0.0463. The van der Waals surface area contributed by atoms with E-state index in [4.69, 9.17) is 0 Å². The highest BCUT2D eigenvalue weighted by atomic mass is 32.1. The zero-order chi connectivity index (χ0) is 58.5. The summed E-state index contributed by atoms with van der Waals surface area (Å²) in [6.07, 6.45) is 6.94. The van der Waals surface area contributed by atoms with Crippen LogP contribution in [0.1, 0.15) is 192 Å². The molecule has 3 nitrogen and oxygen atoms in total. The lowest BCUT2D eigenvalue weighted by Gasteiger charge is -2.49. The van der Waals surface area contributed by atoms with Gasteiger partial charge in [0.1, 0.15) is 0 Å². The molecule has 3 heterocycles. The highest BCUT2D eigenvalue weighted by Gasteiger charge is 2.50. The topological polar surface area (TPSA) is 9.72 Å². The van der Waals surface area contributed by atoms with Gasteiger partial charge >= 0.3 is 0 Å². The van der Waals surface area contributed by atoms with Crippen molar-refractivity contribution in [2.45, 2.75) is 194 Å². The van der Waals surface area contributed by atoms with Gasteiger partial charge in [0.05, 0.1) is 11.4 Å². The zero-order valence-corrected chi connectivity index (χ0v) is 53.7. The van der Waals surface area contributed by atoms with Gasteiger partial charge in [0, 0.05) is 60.0 Å². The molecule has 2 aliphatic heterocycles. The van der Waals surface area contributed by atoms with E-state index >= 15 is 0 Å². The van der Waals surface area contributed by atoms with E-state index < -0.39 is 0 Å². The van der Waals surface area contributed by atoms with Crippen LogP contribution in [0.15, 0.2) is 140 Å². The second kappa shape index (κ2) is 18.0. The summed E-state index contributed by atoms with van der Waals surface area (Å²) in [5.41, 5.74) is 28.3. The first-order valence-corrected chi connectivity index (χ1v) is 32.1. The van der Waals surface area contributed by atoms with Gasteiger partial charge in [-0.25, -0.2) is 0 Å². The predicted molar refractivity (Wildman–Crippen MR) is 362 cm³/mol. The first kappa shape index (κ1) is 54.4. The second-order valence-electron chi connectivity index (χ2n) is 31.1. The standard InChI is InChI=1S/C78H86BN3S/c1-47-23-18-20-25-61(47)81(62-26-21-19-24-48(62)2)51-41-66-71-67(42-51)82(63-27-22-28-68-70(63)52-31-29-49(72(3,4)5)39-69(52)83-68)65-46-58-56(76(12,13)36-38-78(58,16)17)44-60(65)79(71)59-43-55-57(77(14,15)37-35-75(55,10)11)45-64(59)80(66)50-30-32-53-54(40-50)74(8,9)34-33-73(53,6)7/h18-32,39-46H,33-38H2,1-17H3. The summed E-state index contributed by atoms with van der Waals surface area (Å²) in [5.74, 6) is 0. The van der Waals surface area contributed by atoms with E-state index in [0.29, 0.717) is 0 Å². The van der Waals surface area contributed by atoms with Crippen molar-refractivity contribution in [1.29, 1.82) is 0 Å². The van der Waals surface area contributed by atoms with Crippen LogP contribution in [0.25, 0.3) is 20.2 Å². The molecule has 0 saturated carbocycles. The molecule has 14 rings (SSSR count). The molecule has 5 aliphatic rings. The fourth-order valence-corrected chi connectivity index (χ4v) is 17.1. The molecule has 9 aromatic rings. The maximum atomic E-state index is 2.78. The molecule has 0 radical (unpaired) electrons. The Morgan fingerprint density at radius 2 is 0.892 bits per heavy atom. The number of fused-ring (bicyclic) bond motifs is 10. The lowest BCUT2D eigenvalue weighted by atomic mass is 9.32. The monoisotopic (exact) mass is 1110 g/mol. The van der Waals surface area contributed by atoms with Crippen LogP contribution < -0.4 is 31.1 Å². The third-order valence-electron chi connectivity index (χ3n) is 21.6. The molecule has 0 atom stereocenters. The Kier molecular flexibility index (Phi) is 11.8.